The molecule has 1 rings (SSSR count). The van der Waals surface area contributed by atoms with E-state index in [0.29, 0.717) is 13.2 Å². The fourth-order valence-electron chi connectivity index (χ4n) is 1.71. The van der Waals surface area contributed by atoms with Crippen LogP contribution < -0.4 is 15.8 Å². The first-order valence-electron chi connectivity index (χ1n) is 6.58. The maximum atomic E-state index is 11.3. The lowest BCUT2D eigenvalue weighted by Gasteiger charge is -2.22. The van der Waals surface area contributed by atoms with Crippen LogP contribution in [0.15, 0.2) is 24.3 Å². The summed E-state index contributed by atoms with van der Waals surface area (Å²) in [4.78, 5) is 11.3. The molecule has 1 amide bonds. The Morgan fingerprint density at radius 2 is 2.00 bits per heavy atom. The largest absolute Gasteiger partial charge is 0.491 e. The van der Waals surface area contributed by atoms with Crippen LogP contribution in [0.25, 0.3) is 0 Å². The Balaban J connectivity index is 2.53. The van der Waals surface area contributed by atoms with Gasteiger partial charge in [-0.15, -0.1) is 0 Å². The number of ether oxygens (including phenoxy) is 1. The van der Waals surface area contributed by atoms with Gasteiger partial charge >= 0.3 is 0 Å². The number of amides is 1. The highest BCUT2D eigenvalue weighted by Crippen LogP contribution is 2.30. The number of nitrogens with two attached hydrogens (primary N) is 1. The maximum Gasteiger partial charge on any atom is 0.236 e. The Morgan fingerprint density at radius 1 is 1.37 bits per heavy atom. The number of benzene rings is 1. The van der Waals surface area contributed by atoms with Gasteiger partial charge in [-0.1, -0.05) is 39.0 Å². The number of carbonyl (C=O) groups is 1. The molecule has 0 aliphatic carbocycles. The molecule has 0 aliphatic rings. The second-order valence-corrected chi connectivity index (χ2v) is 5.67. The minimum absolute atomic E-state index is 0.0333. The molecule has 0 heterocycles. The monoisotopic (exact) mass is 264 g/mol. The summed E-state index contributed by atoms with van der Waals surface area (Å²) in [6, 6.07) is 7.49. The van der Waals surface area contributed by atoms with Crippen molar-refractivity contribution >= 4 is 5.91 Å². The standard InChI is InChI=1S/C15H24N2O2/c1-11(16)14(18)17-9-10-19-13-8-6-5-7-12(13)15(2,3)4/h5-8,11H,9-10,16H2,1-4H3,(H,17,18). The van der Waals surface area contributed by atoms with Crippen molar-refractivity contribution in [3.63, 3.8) is 0 Å². The predicted octanol–water partition coefficient (Wildman–Crippen LogP) is 1.83. The highest BCUT2D eigenvalue weighted by Gasteiger charge is 2.18. The summed E-state index contributed by atoms with van der Waals surface area (Å²) in [7, 11) is 0. The van der Waals surface area contributed by atoms with E-state index < -0.39 is 6.04 Å². The smallest absolute Gasteiger partial charge is 0.236 e. The zero-order valence-electron chi connectivity index (χ0n) is 12.2. The van der Waals surface area contributed by atoms with Crippen molar-refractivity contribution in [1.82, 2.24) is 5.32 Å². The summed E-state index contributed by atoms with van der Waals surface area (Å²) in [6.07, 6.45) is 0. The number of rotatable bonds is 5. The molecule has 0 fully saturated rings. The SMILES string of the molecule is CC(N)C(=O)NCCOc1ccccc1C(C)(C)C. The Labute approximate surface area is 115 Å². The van der Waals surface area contributed by atoms with Crippen LogP contribution >= 0.6 is 0 Å². The lowest BCUT2D eigenvalue weighted by molar-refractivity contribution is -0.122. The molecule has 0 bridgehead atoms. The first-order valence-corrected chi connectivity index (χ1v) is 6.58. The zero-order valence-corrected chi connectivity index (χ0v) is 12.2. The maximum absolute atomic E-state index is 11.3. The van der Waals surface area contributed by atoms with Crippen LogP contribution in [0, 0.1) is 0 Å². The van der Waals surface area contributed by atoms with E-state index in [1.165, 1.54) is 0 Å². The number of hydrogen-bond donors (Lipinski definition) is 2. The van der Waals surface area contributed by atoms with Crippen molar-refractivity contribution < 1.29 is 9.53 Å². The normalized spacial score (nSPS) is 12.9. The van der Waals surface area contributed by atoms with Gasteiger partial charge in [0.15, 0.2) is 0 Å². The predicted molar refractivity (Wildman–Crippen MR) is 77.3 cm³/mol. The van der Waals surface area contributed by atoms with Gasteiger partial charge in [0.2, 0.25) is 5.91 Å². The average molecular weight is 264 g/mol. The van der Waals surface area contributed by atoms with Crippen molar-refractivity contribution in [2.75, 3.05) is 13.2 Å². The van der Waals surface area contributed by atoms with E-state index in [1.807, 2.05) is 18.2 Å². The molecule has 106 valence electrons. The van der Waals surface area contributed by atoms with Crippen molar-refractivity contribution in [2.24, 2.45) is 5.73 Å². The van der Waals surface area contributed by atoms with Crippen LogP contribution in [0.4, 0.5) is 0 Å². The Hall–Kier alpha value is -1.55. The Kier molecular flexibility index (Phi) is 5.36. The highest BCUT2D eigenvalue weighted by atomic mass is 16.5. The average Bonchev–Trinajstić information content (AvgIpc) is 2.33. The molecule has 0 aliphatic heterocycles. The highest BCUT2D eigenvalue weighted by molar-refractivity contribution is 5.80. The quantitative estimate of drug-likeness (QED) is 0.797. The van der Waals surface area contributed by atoms with Gasteiger partial charge in [0.05, 0.1) is 12.6 Å². The molecule has 0 saturated heterocycles. The van der Waals surface area contributed by atoms with Crippen LogP contribution in [0.2, 0.25) is 0 Å². The second kappa shape index (κ2) is 6.57. The van der Waals surface area contributed by atoms with Crippen LogP contribution in [0.5, 0.6) is 5.75 Å². The van der Waals surface area contributed by atoms with E-state index in [4.69, 9.17) is 10.5 Å². The van der Waals surface area contributed by atoms with E-state index in [0.717, 1.165) is 11.3 Å². The molecule has 3 N–H and O–H groups in total. The molecule has 19 heavy (non-hydrogen) atoms. The molecule has 0 radical (unpaired) electrons. The fourth-order valence-corrected chi connectivity index (χ4v) is 1.71. The van der Waals surface area contributed by atoms with Crippen LogP contribution in [0.3, 0.4) is 0 Å². The van der Waals surface area contributed by atoms with Crippen LogP contribution in [-0.4, -0.2) is 25.1 Å². The minimum atomic E-state index is -0.484. The molecule has 1 unspecified atom stereocenters. The summed E-state index contributed by atoms with van der Waals surface area (Å²) in [5, 5.41) is 2.72. The van der Waals surface area contributed by atoms with Gasteiger partial charge in [-0.05, 0) is 24.0 Å². The molecule has 1 aromatic rings. The van der Waals surface area contributed by atoms with Gasteiger partial charge in [-0.2, -0.15) is 0 Å². The van der Waals surface area contributed by atoms with E-state index in [1.54, 1.807) is 6.92 Å². The zero-order chi connectivity index (χ0) is 14.5. The lowest BCUT2D eigenvalue weighted by Crippen LogP contribution is -2.40. The van der Waals surface area contributed by atoms with Crippen LogP contribution in [0.1, 0.15) is 33.3 Å². The third-order valence-corrected chi connectivity index (χ3v) is 2.77. The molecule has 1 aromatic carbocycles. The summed E-state index contributed by atoms with van der Waals surface area (Å²) in [5.74, 6) is 0.706. The summed E-state index contributed by atoms with van der Waals surface area (Å²) >= 11 is 0. The summed E-state index contributed by atoms with van der Waals surface area (Å²) in [5.41, 5.74) is 6.65. The fraction of sp³-hybridized carbons (Fsp3) is 0.533. The van der Waals surface area contributed by atoms with Crippen molar-refractivity contribution in [3.8, 4) is 5.75 Å². The van der Waals surface area contributed by atoms with Gasteiger partial charge in [0.25, 0.3) is 0 Å². The molecule has 0 spiro atoms. The van der Waals surface area contributed by atoms with E-state index >= 15 is 0 Å². The summed E-state index contributed by atoms with van der Waals surface area (Å²) < 4.78 is 5.74. The third kappa shape index (κ3) is 4.91. The molecule has 0 saturated carbocycles. The van der Waals surface area contributed by atoms with Gasteiger partial charge in [-0.25, -0.2) is 0 Å². The number of para-hydroxylation sites is 1. The minimum Gasteiger partial charge on any atom is -0.491 e. The van der Waals surface area contributed by atoms with Gasteiger partial charge in [-0.3, -0.25) is 4.79 Å². The topological polar surface area (TPSA) is 64.4 Å². The van der Waals surface area contributed by atoms with Crippen molar-refractivity contribution in [3.05, 3.63) is 29.8 Å². The van der Waals surface area contributed by atoms with Gasteiger partial charge in [0, 0.05) is 0 Å². The first-order chi connectivity index (χ1) is 8.82. The molecule has 1 atom stereocenters. The Bertz CT molecular complexity index is 422. The van der Waals surface area contributed by atoms with Crippen molar-refractivity contribution in [2.45, 2.75) is 39.2 Å². The van der Waals surface area contributed by atoms with Crippen molar-refractivity contribution in [1.29, 1.82) is 0 Å². The molecular formula is C15H24N2O2. The molecule has 0 aromatic heterocycles. The Morgan fingerprint density at radius 3 is 2.58 bits per heavy atom. The number of hydrogen-bond acceptors (Lipinski definition) is 3. The van der Waals surface area contributed by atoms with Crippen LogP contribution in [-0.2, 0) is 10.2 Å². The number of nitrogens with one attached hydrogen (secondary N) is 1. The van der Waals surface area contributed by atoms with E-state index in [2.05, 4.69) is 32.2 Å². The van der Waals surface area contributed by atoms with E-state index in [-0.39, 0.29) is 11.3 Å². The molecular weight excluding hydrogens is 240 g/mol. The van der Waals surface area contributed by atoms with Gasteiger partial charge < -0.3 is 15.8 Å². The molecule has 4 nitrogen and oxygen atoms in total. The summed E-state index contributed by atoms with van der Waals surface area (Å²) in [6.45, 7) is 8.99. The number of carbonyl (C=O) groups excluding carboxylic acids is 1. The van der Waals surface area contributed by atoms with Gasteiger partial charge in [0.1, 0.15) is 12.4 Å². The third-order valence-electron chi connectivity index (χ3n) is 2.77. The van der Waals surface area contributed by atoms with E-state index in [9.17, 15) is 4.79 Å². The lowest BCUT2D eigenvalue weighted by atomic mass is 9.86. The molecule has 4 heteroatoms. The first kappa shape index (κ1) is 15.5. The second-order valence-electron chi connectivity index (χ2n) is 5.67.